The van der Waals surface area contributed by atoms with Crippen LogP contribution in [0.15, 0.2) is 21.5 Å². The number of terminal acetylenes is 1. The second-order valence-electron chi connectivity index (χ2n) is 3.27. The number of sulfonamides is 1. The largest absolute Gasteiger partial charge is 0.398 e. The molecule has 0 aliphatic carbocycles. The van der Waals surface area contributed by atoms with Crippen molar-refractivity contribution < 1.29 is 8.42 Å². The predicted molar refractivity (Wildman–Crippen MR) is 72.2 cm³/mol. The molecule has 0 heterocycles. The summed E-state index contributed by atoms with van der Waals surface area (Å²) in [6, 6.07) is 2.79. The van der Waals surface area contributed by atoms with E-state index >= 15 is 0 Å². The number of rotatable bonds is 3. The van der Waals surface area contributed by atoms with E-state index in [4.69, 9.17) is 23.8 Å². The molecule has 0 aliphatic heterocycles. The lowest BCUT2D eigenvalue weighted by Gasteiger charge is -2.16. The Labute approximate surface area is 114 Å². The molecule has 17 heavy (non-hydrogen) atoms. The highest BCUT2D eigenvalue weighted by molar-refractivity contribution is 9.10. The fourth-order valence-corrected chi connectivity index (χ4v) is 3.49. The van der Waals surface area contributed by atoms with E-state index in [9.17, 15) is 8.42 Å². The molecule has 0 radical (unpaired) electrons. The Bertz CT molecular complexity index is 581. The number of hydrogen-bond acceptors (Lipinski definition) is 3. The summed E-state index contributed by atoms with van der Waals surface area (Å²) in [6.07, 6.45) is 5.08. The van der Waals surface area contributed by atoms with Crippen LogP contribution in [-0.4, -0.2) is 26.3 Å². The van der Waals surface area contributed by atoms with E-state index < -0.39 is 10.0 Å². The summed E-state index contributed by atoms with van der Waals surface area (Å²) >= 11 is 8.91. The second-order valence-corrected chi connectivity index (χ2v) is 6.52. The first-order valence-corrected chi connectivity index (χ1v) is 7.06. The maximum Gasteiger partial charge on any atom is 0.244 e. The third-order valence-electron chi connectivity index (χ3n) is 2.03. The van der Waals surface area contributed by atoms with Crippen LogP contribution < -0.4 is 5.73 Å². The average molecular weight is 338 g/mol. The van der Waals surface area contributed by atoms with Crippen molar-refractivity contribution >= 4 is 43.2 Å². The Morgan fingerprint density at radius 1 is 1.59 bits per heavy atom. The minimum absolute atomic E-state index is 0.000231. The number of benzene rings is 1. The van der Waals surface area contributed by atoms with E-state index in [0.29, 0.717) is 0 Å². The lowest BCUT2D eigenvalue weighted by atomic mass is 10.3. The van der Waals surface area contributed by atoms with Crippen molar-refractivity contribution in [2.75, 3.05) is 19.3 Å². The number of anilines is 1. The topological polar surface area (TPSA) is 63.4 Å². The maximum absolute atomic E-state index is 12.1. The number of nitrogen functional groups attached to an aromatic ring is 1. The average Bonchev–Trinajstić information content (AvgIpc) is 2.23. The van der Waals surface area contributed by atoms with Gasteiger partial charge in [0.05, 0.1) is 15.9 Å². The van der Waals surface area contributed by atoms with Crippen LogP contribution in [0.5, 0.6) is 0 Å². The van der Waals surface area contributed by atoms with Gasteiger partial charge in [-0.15, -0.1) is 6.42 Å². The highest BCUT2D eigenvalue weighted by atomic mass is 79.9. The van der Waals surface area contributed by atoms with Crippen molar-refractivity contribution in [2.45, 2.75) is 4.90 Å². The van der Waals surface area contributed by atoms with E-state index in [-0.39, 0.29) is 26.6 Å². The molecule has 0 aliphatic rings. The van der Waals surface area contributed by atoms with Crippen molar-refractivity contribution in [1.82, 2.24) is 4.31 Å². The minimum Gasteiger partial charge on any atom is -0.398 e. The van der Waals surface area contributed by atoms with E-state index in [1.54, 1.807) is 0 Å². The molecule has 0 saturated heterocycles. The molecule has 0 unspecified atom stereocenters. The number of halogens is 2. The Morgan fingerprint density at radius 2 is 2.18 bits per heavy atom. The molecule has 2 N–H and O–H groups in total. The van der Waals surface area contributed by atoms with Gasteiger partial charge in [0.15, 0.2) is 0 Å². The van der Waals surface area contributed by atoms with Gasteiger partial charge in [-0.05, 0) is 28.1 Å². The van der Waals surface area contributed by atoms with Gasteiger partial charge in [0.2, 0.25) is 10.0 Å². The molecule has 0 saturated carbocycles. The monoisotopic (exact) mass is 336 g/mol. The van der Waals surface area contributed by atoms with Crippen molar-refractivity contribution in [3.63, 3.8) is 0 Å². The third-order valence-corrected chi connectivity index (χ3v) is 5.23. The summed E-state index contributed by atoms with van der Waals surface area (Å²) in [4.78, 5) is 0.000231. The summed E-state index contributed by atoms with van der Waals surface area (Å²) in [5.41, 5.74) is 5.89. The first-order valence-electron chi connectivity index (χ1n) is 4.45. The molecule has 1 aromatic rings. The van der Waals surface area contributed by atoms with Crippen LogP contribution in [-0.2, 0) is 10.0 Å². The lowest BCUT2D eigenvalue weighted by molar-refractivity contribution is 0.502. The zero-order valence-electron chi connectivity index (χ0n) is 8.94. The highest BCUT2D eigenvalue weighted by Gasteiger charge is 2.24. The van der Waals surface area contributed by atoms with Crippen LogP contribution in [0.25, 0.3) is 0 Å². The summed E-state index contributed by atoms with van der Waals surface area (Å²) in [5.74, 6) is 2.26. The van der Waals surface area contributed by atoms with Gasteiger partial charge in [0.25, 0.3) is 0 Å². The van der Waals surface area contributed by atoms with Gasteiger partial charge in [0.1, 0.15) is 0 Å². The van der Waals surface area contributed by atoms with Gasteiger partial charge in [-0.2, -0.15) is 4.31 Å². The number of hydrogen-bond donors (Lipinski definition) is 1. The Balaban J connectivity index is 3.40. The first-order chi connectivity index (χ1) is 7.80. The molecule has 0 aromatic heterocycles. The zero-order valence-corrected chi connectivity index (χ0v) is 12.1. The molecule has 7 heteroatoms. The van der Waals surface area contributed by atoms with Gasteiger partial charge in [-0.1, -0.05) is 17.5 Å². The van der Waals surface area contributed by atoms with Gasteiger partial charge in [-0.25, -0.2) is 8.42 Å². The molecule has 1 aromatic carbocycles. The Morgan fingerprint density at radius 3 is 2.71 bits per heavy atom. The molecule has 0 atom stereocenters. The van der Waals surface area contributed by atoms with Crippen LogP contribution in [0.2, 0.25) is 5.02 Å². The van der Waals surface area contributed by atoms with Crippen LogP contribution >= 0.6 is 27.5 Å². The standard InChI is InChI=1S/C10H10BrClN2O2S/c1-3-4-14(2)17(15,16)9-6-7(12)5-8(13)10(9)11/h1,5-6H,4,13H2,2H3. The first kappa shape index (κ1) is 14.3. The molecular weight excluding hydrogens is 328 g/mol. The van der Waals surface area contributed by atoms with E-state index in [0.717, 1.165) is 4.31 Å². The van der Waals surface area contributed by atoms with E-state index in [1.165, 1.54) is 19.2 Å². The molecule has 1 rings (SSSR count). The molecule has 0 spiro atoms. The van der Waals surface area contributed by atoms with Crippen LogP contribution in [0.4, 0.5) is 5.69 Å². The smallest absolute Gasteiger partial charge is 0.244 e. The summed E-state index contributed by atoms with van der Waals surface area (Å²) in [5, 5.41) is 0.249. The van der Waals surface area contributed by atoms with Gasteiger partial charge in [-0.3, -0.25) is 0 Å². The fraction of sp³-hybridized carbons (Fsp3) is 0.200. The van der Waals surface area contributed by atoms with Crippen molar-refractivity contribution in [1.29, 1.82) is 0 Å². The zero-order chi connectivity index (χ0) is 13.2. The van der Waals surface area contributed by atoms with E-state index in [1.807, 2.05) is 0 Å². The predicted octanol–water partition coefficient (Wildman–Crippen LogP) is 1.94. The molecule has 92 valence electrons. The molecule has 4 nitrogen and oxygen atoms in total. The van der Waals surface area contributed by atoms with Crippen LogP contribution in [0.3, 0.4) is 0 Å². The van der Waals surface area contributed by atoms with Crippen molar-refractivity contribution in [3.05, 3.63) is 21.6 Å². The van der Waals surface area contributed by atoms with E-state index in [2.05, 4.69) is 21.9 Å². The minimum atomic E-state index is -3.70. The summed E-state index contributed by atoms with van der Waals surface area (Å²) < 4.78 is 25.6. The van der Waals surface area contributed by atoms with Crippen LogP contribution in [0.1, 0.15) is 0 Å². The Hall–Kier alpha value is -0.740. The number of nitrogens with zero attached hydrogens (tertiary/aromatic N) is 1. The van der Waals surface area contributed by atoms with Gasteiger partial charge in [0, 0.05) is 17.8 Å². The SMILES string of the molecule is C#CCN(C)S(=O)(=O)c1cc(Cl)cc(N)c1Br. The molecule has 0 fully saturated rings. The maximum atomic E-state index is 12.1. The third kappa shape index (κ3) is 2.93. The second kappa shape index (κ2) is 5.27. The lowest BCUT2D eigenvalue weighted by Crippen LogP contribution is -2.27. The quantitative estimate of drug-likeness (QED) is 0.677. The summed E-state index contributed by atoms with van der Waals surface area (Å²) in [6.45, 7) is -0.0266. The van der Waals surface area contributed by atoms with Crippen molar-refractivity contribution in [2.24, 2.45) is 0 Å². The van der Waals surface area contributed by atoms with Crippen molar-refractivity contribution in [3.8, 4) is 12.3 Å². The highest BCUT2D eigenvalue weighted by Crippen LogP contribution is 2.32. The number of nitrogens with two attached hydrogens (primary N) is 1. The molecule has 0 amide bonds. The van der Waals surface area contributed by atoms with Crippen LogP contribution in [0, 0.1) is 12.3 Å². The van der Waals surface area contributed by atoms with Gasteiger partial charge < -0.3 is 5.73 Å². The normalized spacial score (nSPS) is 11.5. The molecule has 0 bridgehead atoms. The summed E-state index contributed by atoms with van der Waals surface area (Å²) in [7, 11) is -2.31. The Kier molecular flexibility index (Phi) is 4.44. The molecular formula is C10H10BrClN2O2S. The van der Waals surface area contributed by atoms with Gasteiger partial charge >= 0.3 is 0 Å². The fourth-order valence-electron chi connectivity index (χ4n) is 1.15.